The topological polar surface area (TPSA) is 43.6 Å². The molecule has 1 radical (unpaired) electrons. The maximum absolute atomic E-state index is 5.10. The summed E-state index contributed by atoms with van der Waals surface area (Å²) >= 11 is 0. The predicted octanol–water partition coefficient (Wildman–Crippen LogP) is 7.99. The van der Waals surface area contributed by atoms with Crippen molar-refractivity contribution < 1.29 is 0 Å². The predicted molar refractivity (Wildman–Crippen MR) is 174 cm³/mol. The Morgan fingerprint density at radius 1 is 0.571 bits per heavy atom. The third-order valence-corrected chi connectivity index (χ3v) is 8.71. The van der Waals surface area contributed by atoms with E-state index >= 15 is 0 Å². The summed E-state index contributed by atoms with van der Waals surface area (Å²) in [7, 11) is 2.17. The smallest absolute Gasteiger partial charge is 0.238 e. The minimum Gasteiger partial charge on any atom is -0.278 e. The molecule has 0 bridgehead atoms. The van der Waals surface area contributed by atoms with Crippen LogP contribution in [0.1, 0.15) is 25.0 Å². The van der Waals surface area contributed by atoms with Crippen molar-refractivity contribution in [1.82, 2.24) is 19.5 Å². The molecule has 8 rings (SSSR count). The van der Waals surface area contributed by atoms with Gasteiger partial charge in [0.05, 0.1) is 11.0 Å². The van der Waals surface area contributed by atoms with Gasteiger partial charge >= 0.3 is 0 Å². The van der Waals surface area contributed by atoms with Crippen LogP contribution in [0.5, 0.6) is 0 Å². The molecule has 0 amide bonds. The van der Waals surface area contributed by atoms with Crippen molar-refractivity contribution in [2.45, 2.75) is 26.1 Å². The van der Waals surface area contributed by atoms with E-state index < -0.39 is 0 Å². The molecule has 0 N–H and O–H groups in total. The second kappa shape index (κ2) is 9.25. The van der Waals surface area contributed by atoms with E-state index in [1.54, 1.807) is 0 Å². The van der Waals surface area contributed by atoms with Gasteiger partial charge in [0.15, 0.2) is 11.6 Å². The van der Waals surface area contributed by atoms with Crippen molar-refractivity contribution in [3.63, 3.8) is 0 Å². The number of hydrogen-bond donors (Lipinski definition) is 0. The van der Waals surface area contributed by atoms with E-state index in [4.69, 9.17) is 15.0 Å². The first-order valence-electron chi connectivity index (χ1n) is 14.4. The first kappa shape index (κ1) is 24.7. The molecule has 5 heteroatoms. The van der Waals surface area contributed by atoms with Crippen molar-refractivity contribution in [2.24, 2.45) is 0 Å². The summed E-state index contributed by atoms with van der Waals surface area (Å²) < 4.78 is 2.21. The lowest BCUT2D eigenvalue weighted by Gasteiger charge is -2.22. The van der Waals surface area contributed by atoms with E-state index in [9.17, 15) is 0 Å². The molecule has 199 valence electrons. The number of aromatic nitrogens is 4. The van der Waals surface area contributed by atoms with Crippen molar-refractivity contribution in [2.75, 3.05) is 0 Å². The van der Waals surface area contributed by atoms with Gasteiger partial charge in [0.25, 0.3) is 0 Å². The normalized spacial score (nSPS) is 13.3. The second-order valence-electron chi connectivity index (χ2n) is 11.5. The van der Waals surface area contributed by atoms with Crippen molar-refractivity contribution >= 4 is 34.5 Å². The highest BCUT2D eigenvalue weighted by Crippen LogP contribution is 2.50. The molecule has 0 fully saturated rings. The molecule has 5 aromatic carbocycles. The molecular formula is C37H28BN4. The Balaban J connectivity index is 1.45. The Hall–Kier alpha value is -5.03. The second-order valence-corrected chi connectivity index (χ2v) is 11.5. The van der Waals surface area contributed by atoms with Crippen LogP contribution in [-0.4, -0.2) is 26.8 Å². The van der Waals surface area contributed by atoms with Crippen molar-refractivity contribution in [3.8, 4) is 39.9 Å². The van der Waals surface area contributed by atoms with Gasteiger partial charge in [-0.05, 0) is 40.5 Å². The molecule has 7 aromatic rings. The van der Waals surface area contributed by atoms with Crippen LogP contribution in [0.2, 0.25) is 6.82 Å². The van der Waals surface area contributed by atoms with Gasteiger partial charge in [0.2, 0.25) is 5.95 Å². The first-order chi connectivity index (χ1) is 20.5. The fourth-order valence-corrected chi connectivity index (χ4v) is 6.51. The zero-order valence-corrected chi connectivity index (χ0v) is 23.8. The van der Waals surface area contributed by atoms with Gasteiger partial charge < -0.3 is 0 Å². The summed E-state index contributed by atoms with van der Waals surface area (Å²) in [5.41, 5.74) is 10.5. The quantitative estimate of drug-likeness (QED) is 0.213. The van der Waals surface area contributed by atoms with Crippen molar-refractivity contribution in [3.05, 3.63) is 126 Å². The van der Waals surface area contributed by atoms with Gasteiger partial charge in [-0.15, -0.1) is 0 Å². The molecule has 1 aliphatic rings. The number of nitrogens with zero attached hydrogens (tertiary/aromatic N) is 4. The third-order valence-electron chi connectivity index (χ3n) is 8.71. The van der Waals surface area contributed by atoms with Crippen LogP contribution in [0.25, 0.3) is 61.7 Å². The van der Waals surface area contributed by atoms with Gasteiger partial charge in [0.1, 0.15) is 7.28 Å². The SMILES string of the molecule is C[B]c1ccc2c(c1)C(C)(C)c1cc3c4ccccc4n(-c4nc(-c5ccccc5)nc(-c5ccccc5)n4)c3cc1-2. The maximum atomic E-state index is 5.10. The molecule has 1 aliphatic carbocycles. The van der Waals surface area contributed by atoms with E-state index in [0.29, 0.717) is 17.6 Å². The van der Waals surface area contributed by atoms with Crippen LogP contribution in [0.15, 0.2) is 115 Å². The molecule has 0 saturated carbocycles. The molecule has 2 aromatic heterocycles. The largest absolute Gasteiger partial charge is 0.278 e. The fourth-order valence-electron chi connectivity index (χ4n) is 6.51. The van der Waals surface area contributed by atoms with Gasteiger partial charge in [-0.2, -0.15) is 9.97 Å². The summed E-state index contributed by atoms with van der Waals surface area (Å²) in [5, 5.41) is 2.39. The van der Waals surface area contributed by atoms with E-state index in [2.05, 4.69) is 87.1 Å². The number of para-hydroxylation sites is 1. The number of rotatable bonds is 4. The lowest BCUT2D eigenvalue weighted by molar-refractivity contribution is 0.662. The van der Waals surface area contributed by atoms with E-state index in [1.165, 1.54) is 38.5 Å². The van der Waals surface area contributed by atoms with E-state index in [-0.39, 0.29) is 5.41 Å². The number of fused-ring (bicyclic) bond motifs is 6. The monoisotopic (exact) mass is 539 g/mol. The van der Waals surface area contributed by atoms with Gasteiger partial charge in [-0.25, -0.2) is 4.98 Å². The Kier molecular flexibility index (Phi) is 5.45. The minimum atomic E-state index is -0.102. The van der Waals surface area contributed by atoms with Crippen LogP contribution in [0, 0.1) is 0 Å². The Labute approximate surface area is 246 Å². The van der Waals surface area contributed by atoms with E-state index in [0.717, 1.165) is 22.2 Å². The average Bonchev–Trinajstić information content (AvgIpc) is 3.48. The lowest BCUT2D eigenvalue weighted by atomic mass is 9.71. The number of hydrogen-bond acceptors (Lipinski definition) is 3. The van der Waals surface area contributed by atoms with Crippen LogP contribution < -0.4 is 5.46 Å². The standard InChI is InChI=1S/C37H28BN4/c1-37(2)30-20-25(38-3)18-19-26(30)28-22-33-29(21-31(28)37)27-16-10-11-17-32(27)42(33)36-40-34(23-12-6-4-7-13-23)39-35(41-36)24-14-8-5-9-15-24/h4-22H,1-3H3. The number of benzene rings is 5. The Bertz CT molecular complexity index is 2090. The molecule has 0 spiro atoms. The summed E-state index contributed by atoms with van der Waals surface area (Å²) in [5.74, 6) is 1.92. The molecule has 0 saturated heterocycles. The lowest BCUT2D eigenvalue weighted by Crippen LogP contribution is -2.19. The van der Waals surface area contributed by atoms with Crippen LogP contribution in [0.3, 0.4) is 0 Å². The first-order valence-corrected chi connectivity index (χ1v) is 14.4. The Morgan fingerprint density at radius 2 is 1.19 bits per heavy atom. The van der Waals surface area contributed by atoms with Crippen LogP contribution >= 0.6 is 0 Å². The highest BCUT2D eigenvalue weighted by atomic mass is 15.2. The molecule has 0 unspecified atom stereocenters. The van der Waals surface area contributed by atoms with Crippen molar-refractivity contribution in [1.29, 1.82) is 0 Å². The summed E-state index contributed by atoms with van der Waals surface area (Å²) in [4.78, 5) is 15.1. The third kappa shape index (κ3) is 3.66. The zero-order valence-electron chi connectivity index (χ0n) is 23.8. The van der Waals surface area contributed by atoms with E-state index in [1.807, 2.05) is 60.7 Å². The maximum Gasteiger partial charge on any atom is 0.238 e. The average molecular weight is 539 g/mol. The Morgan fingerprint density at radius 3 is 1.86 bits per heavy atom. The molecule has 0 atom stereocenters. The summed E-state index contributed by atoms with van der Waals surface area (Å²) in [6.45, 7) is 6.78. The zero-order chi connectivity index (χ0) is 28.4. The van der Waals surface area contributed by atoms with Crippen LogP contribution in [0.4, 0.5) is 0 Å². The molecule has 42 heavy (non-hydrogen) atoms. The summed E-state index contributed by atoms with van der Waals surface area (Å²) in [6, 6.07) is 40.5. The molecule has 4 nitrogen and oxygen atoms in total. The molecular weight excluding hydrogens is 511 g/mol. The molecule has 2 heterocycles. The van der Waals surface area contributed by atoms with Gasteiger partial charge in [0, 0.05) is 27.3 Å². The molecule has 0 aliphatic heterocycles. The summed E-state index contributed by atoms with van der Waals surface area (Å²) in [6.07, 6.45) is 0. The highest BCUT2D eigenvalue weighted by Gasteiger charge is 2.36. The van der Waals surface area contributed by atoms with Gasteiger partial charge in [-0.1, -0.05) is 123 Å². The highest BCUT2D eigenvalue weighted by molar-refractivity contribution is 6.52. The van der Waals surface area contributed by atoms with Gasteiger partial charge in [-0.3, -0.25) is 4.57 Å². The van der Waals surface area contributed by atoms with Crippen LogP contribution in [-0.2, 0) is 5.41 Å². The minimum absolute atomic E-state index is 0.102. The fraction of sp³-hybridized carbons (Fsp3) is 0.108.